The Morgan fingerprint density at radius 2 is 2.08 bits per heavy atom. The predicted octanol–water partition coefficient (Wildman–Crippen LogP) is 1.14. The van der Waals surface area contributed by atoms with Gasteiger partial charge in [0.2, 0.25) is 11.8 Å². The van der Waals surface area contributed by atoms with E-state index in [9.17, 15) is 9.59 Å². The van der Waals surface area contributed by atoms with Crippen molar-refractivity contribution in [2.24, 2.45) is 5.92 Å². The molecule has 2 saturated heterocycles. The second kappa shape index (κ2) is 7.04. The molecule has 2 amide bonds. The maximum atomic E-state index is 12.7. The molecule has 6 nitrogen and oxygen atoms in total. The lowest BCUT2D eigenvalue weighted by atomic mass is 10.1. The van der Waals surface area contributed by atoms with Gasteiger partial charge in [-0.1, -0.05) is 6.07 Å². The first kappa shape index (κ1) is 16.4. The van der Waals surface area contributed by atoms with Crippen molar-refractivity contribution in [1.82, 2.24) is 15.1 Å². The van der Waals surface area contributed by atoms with E-state index >= 15 is 0 Å². The molecule has 0 aromatic heterocycles. The van der Waals surface area contributed by atoms with Crippen molar-refractivity contribution < 1.29 is 14.3 Å². The van der Waals surface area contributed by atoms with Gasteiger partial charge in [0, 0.05) is 31.6 Å². The fraction of sp³-hybridized carbons (Fsp3) is 0.579. The highest BCUT2D eigenvalue weighted by Gasteiger charge is 2.32. The van der Waals surface area contributed by atoms with Crippen molar-refractivity contribution in [2.45, 2.75) is 32.4 Å². The molecule has 0 bridgehead atoms. The van der Waals surface area contributed by atoms with Gasteiger partial charge in [0.25, 0.3) is 0 Å². The minimum atomic E-state index is -0.234. The van der Waals surface area contributed by atoms with E-state index in [4.69, 9.17) is 4.74 Å². The van der Waals surface area contributed by atoms with Crippen LogP contribution < -0.4 is 10.1 Å². The van der Waals surface area contributed by atoms with Gasteiger partial charge in [0.1, 0.15) is 12.4 Å². The van der Waals surface area contributed by atoms with Crippen molar-refractivity contribution in [3.05, 3.63) is 29.3 Å². The molecule has 1 aromatic carbocycles. The van der Waals surface area contributed by atoms with Crippen LogP contribution in [0, 0.1) is 5.92 Å². The molecule has 1 atom stereocenters. The van der Waals surface area contributed by atoms with Gasteiger partial charge in [0.15, 0.2) is 0 Å². The Morgan fingerprint density at radius 3 is 2.84 bits per heavy atom. The summed E-state index contributed by atoms with van der Waals surface area (Å²) < 4.78 is 5.85. The third kappa shape index (κ3) is 3.63. The highest BCUT2D eigenvalue weighted by molar-refractivity contribution is 5.89. The number of ether oxygens (including phenoxy) is 1. The molecule has 134 valence electrons. The van der Waals surface area contributed by atoms with Crippen molar-refractivity contribution in [3.63, 3.8) is 0 Å². The van der Waals surface area contributed by atoms with E-state index in [-0.39, 0.29) is 17.7 Å². The zero-order chi connectivity index (χ0) is 17.2. The van der Waals surface area contributed by atoms with Gasteiger partial charge in [0.05, 0.1) is 12.5 Å². The lowest BCUT2D eigenvalue weighted by molar-refractivity contribution is -0.136. The topological polar surface area (TPSA) is 61.9 Å². The number of nitrogens with one attached hydrogen (secondary N) is 1. The van der Waals surface area contributed by atoms with E-state index < -0.39 is 0 Å². The maximum absolute atomic E-state index is 12.7. The Hall–Kier alpha value is -2.08. The number of nitrogens with zero attached hydrogens (tertiary/aromatic N) is 2. The molecule has 3 heterocycles. The zero-order valence-electron chi connectivity index (χ0n) is 14.5. The summed E-state index contributed by atoms with van der Waals surface area (Å²) in [6.45, 7) is 5.38. The van der Waals surface area contributed by atoms with Crippen LogP contribution in [0.4, 0.5) is 0 Å². The van der Waals surface area contributed by atoms with Gasteiger partial charge < -0.3 is 15.0 Å². The molecule has 1 N–H and O–H groups in total. The van der Waals surface area contributed by atoms with Gasteiger partial charge in [-0.3, -0.25) is 14.5 Å². The second-order valence-electron chi connectivity index (χ2n) is 7.24. The molecule has 0 aliphatic carbocycles. The molecule has 3 aliphatic rings. The summed E-state index contributed by atoms with van der Waals surface area (Å²) in [5.74, 6) is 0.667. The number of carbonyl (C=O) groups is 2. The third-order valence-electron chi connectivity index (χ3n) is 5.35. The Kier molecular flexibility index (Phi) is 4.61. The lowest BCUT2D eigenvalue weighted by Gasteiger charge is -2.23. The number of fused-ring (bicyclic) bond motifs is 1. The number of benzene rings is 1. The molecule has 0 spiro atoms. The summed E-state index contributed by atoms with van der Waals surface area (Å²) >= 11 is 0. The molecule has 25 heavy (non-hydrogen) atoms. The normalized spacial score (nSPS) is 23.8. The smallest absolute Gasteiger partial charge is 0.228 e. The van der Waals surface area contributed by atoms with Crippen LogP contribution in [0.5, 0.6) is 5.75 Å². The standard InChI is InChI=1S/C19H25N3O3/c23-18-10-15(11-20-18)19(24)22-7-8-25-17-4-3-14(9-16(17)13-22)12-21-5-1-2-6-21/h3-4,9,15H,1-2,5-8,10-13H2,(H,20,23). The summed E-state index contributed by atoms with van der Waals surface area (Å²) in [5, 5.41) is 2.75. The van der Waals surface area contributed by atoms with Crippen LogP contribution in [0.1, 0.15) is 30.4 Å². The Balaban J connectivity index is 1.48. The Morgan fingerprint density at radius 1 is 1.24 bits per heavy atom. The first-order valence-corrected chi connectivity index (χ1v) is 9.21. The molecular formula is C19H25N3O3. The molecule has 1 unspecified atom stereocenters. The van der Waals surface area contributed by atoms with Crippen LogP contribution in [-0.4, -0.2) is 54.4 Å². The van der Waals surface area contributed by atoms with E-state index in [1.165, 1.54) is 31.5 Å². The van der Waals surface area contributed by atoms with Crippen LogP contribution in [0.3, 0.4) is 0 Å². The number of carbonyl (C=O) groups excluding carboxylic acids is 2. The van der Waals surface area contributed by atoms with E-state index in [1.54, 1.807) is 0 Å². The third-order valence-corrected chi connectivity index (χ3v) is 5.35. The number of likely N-dealkylation sites (tertiary alicyclic amines) is 1. The van der Waals surface area contributed by atoms with E-state index in [0.717, 1.165) is 17.9 Å². The van der Waals surface area contributed by atoms with Crippen LogP contribution in [-0.2, 0) is 22.7 Å². The van der Waals surface area contributed by atoms with E-state index in [1.807, 2.05) is 11.0 Å². The first-order valence-electron chi connectivity index (χ1n) is 9.21. The SMILES string of the molecule is O=C1CC(C(=O)N2CCOc3ccc(CN4CCCC4)cc3C2)CN1. The van der Waals surface area contributed by atoms with Crippen LogP contribution >= 0.6 is 0 Å². The summed E-state index contributed by atoms with van der Waals surface area (Å²) in [5.41, 5.74) is 2.34. The van der Waals surface area contributed by atoms with E-state index in [2.05, 4.69) is 22.3 Å². The highest BCUT2D eigenvalue weighted by atomic mass is 16.5. The number of rotatable bonds is 3. The average Bonchev–Trinajstić information content (AvgIpc) is 3.22. The molecule has 4 rings (SSSR count). The minimum Gasteiger partial charge on any atom is -0.491 e. The van der Waals surface area contributed by atoms with Gasteiger partial charge in [-0.25, -0.2) is 0 Å². The molecule has 3 aliphatic heterocycles. The Bertz CT molecular complexity index is 670. The number of hydrogen-bond acceptors (Lipinski definition) is 4. The summed E-state index contributed by atoms with van der Waals surface area (Å²) in [4.78, 5) is 28.5. The van der Waals surface area contributed by atoms with Crippen LogP contribution in [0.15, 0.2) is 18.2 Å². The highest BCUT2D eigenvalue weighted by Crippen LogP contribution is 2.27. The number of amides is 2. The minimum absolute atomic E-state index is 0.0299. The molecule has 2 fully saturated rings. The number of hydrogen-bond donors (Lipinski definition) is 1. The summed E-state index contributed by atoms with van der Waals surface area (Å²) in [7, 11) is 0. The molecule has 0 saturated carbocycles. The van der Waals surface area contributed by atoms with Crippen LogP contribution in [0.25, 0.3) is 0 Å². The van der Waals surface area contributed by atoms with Crippen molar-refractivity contribution >= 4 is 11.8 Å². The summed E-state index contributed by atoms with van der Waals surface area (Å²) in [6.07, 6.45) is 2.87. The van der Waals surface area contributed by atoms with Crippen molar-refractivity contribution in [1.29, 1.82) is 0 Å². The van der Waals surface area contributed by atoms with E-state index in [0.29, 0.717) is 32.7 Å². The lowest BCUT2D eigenvalue weighted by Crippen LogP contribution is -2.38. The van der Waals surface area contributed by atoms with Crippen molar-refractivity contribution in [2.75, 3.05) is 32.8 Å². The fourth-order valence-electron chi connectivity index (χ4n) is 3.97. The van der Waals surface area contributed by atoms with Gasteiger partial charge in [-0.2, -0.15) is 0 Å². The fourth-order valence-corrected chi connectivity index (χ4v) is 3.97. The monoisotopic (exact) mass is 343 g/mol. The Labute approximate surface area is 148 Å². The zero-order valence-corrected chi connectivity index (χ0v) is 14.5. The van der Waals surface area contributed by atoms with Gasteiger partial charge >= 0.3 is 0 Å². The largest absolute Gasteiger partial charge is 0.491 e. The average molecular weight is 343 g/mol. The molecule has 1 aromatic rings. The van der Waals surface area contributed by atoms with Crippen molar-refractivity contribution in [3.8, 4) is 5.75 Å². The van der Waals surface area contributed by atoms with Crippen LogP contribution in [0.2, 0.25) is 0 Å². The second-order valence-corrected chi connectivity index (χ2v) is 7.24. The quantitative estimate of drug-likeness (QED) is 0.894. The van der Waals surface area contributed by atoms with Gasteiger partial charge in [-0.05, 0) is 43.6 Å². The molecule has 0 radical (unpaired) electrons. The maximum Gasteiger partial charge on any atom is 0.228 e. The molecule has 6 heteroatoms. The predicted molar refractivity (Wildman–Crippen MR) is 93.0 cm³/mol. The summed E-state index contributed by atoms with van der Waals surface area (Å²) in [6, 6.07) is 6.35. The first-order chi connectivity index (χ1) is 12.2. The van der Waals surface area contributed by atoms with Gasteiger partial charge in [-0.15, -0.1) is 0 Å². The molecular weight excluding hydrogens is 318 g/mol.